The second kappa shape index (κ2) is 4.82. The van der Waals surface area contributed by atoms with Crippen molar-refractivity contribution < 1.29 is 14.6 Å². The quantitative estimate of drug-likeness (QED) is 0.860. The van der Waals surface area contributed by atoms with Crippen LogP contribution in [0.15, 0.2) is 18.5 Å². The number of nitrogens with zero attached hydrogens (tertiary/aromatic N) is 4. The number of hydrogen-bond acceptors (Lipinski definition) is 5. The number of hydrogen-bond donors (Lipinski definition) is 1. The molecule has 0 bridgehead atoms. The smallest absolute Gasteiger partial charge is 0.337 e. The summed E-state index contributed by atoms with van der Waals surface area (Å²) in [5.74, 6) is 0.789. The largest absolute Gasteiger partial charge is 0.484 e. The Morgan fingerprint density at radius 1 is 1.44 bits per heavy atom. The van der Waals surface area contributed by atoms with E-state index in [0.29, 0.717) is 11.6 Å². The van der Waals surface area contributed by atoms with Crippen molar-refractivity contribution in [3.63, 3.8) is 0 Å². The minimum Gasteiger partial charge on any atom is -0.484 e. The van der Waals surface area contributed by atoms with Crippen molar-refractivity contribution in [2.24, 2.45) is 7.05 Å². The van der Waals surface area contributed by atoms with Gasteiger partial charge in [0, 0.05) is 13.2 Å². The molecule has 0 fully saturated rings. The topological polar surface area (TPSA) is 90.1 Å². The molecule has 0 atom stereocenters. The highest BCUT2D eigenvalue weighted by Gasteiger charge is 2.08. The molecule has 0 saturated heterocycles. The highest BCUT2D eigenvalue weighted by atomic mass is 16.5. The molecule has 0 amide bonds. The van der Waals surface area contributed by atoms with Gasteiger partial charge in [0.1, 0.15) is 18.2 Å². The Hall–Kier alpha value is -2.44. The molecule has 2 aromatic heterocycles. The molecular formula is C11H12N4O3. The minimum absolute atomic E-state index is 0.0849. The van der Waals surface area contributed by atoms with Gasteiger partial charge in [0.25, 0.3) is 0 Å². The van der Waals surface area contributed by atoms with Gasteiger partial charge in [0.2, 0.25) is 0 Å². The van der Waals surface area contributed by atoms with Crippen LogP contribution in [0.3, 0.4) is 0 Å². The molecule has 2 rings (SSSR count). The third-order valence-electron chi connectivity index (χ3n) is 2.51. The van der Waals surface area contributed by atoms with Crippen molar-refractivity contribution in [3.8, 4) is 5.75 Å². The average Bonchev–Trinajstić information content (AvgIpc) is 2.68. The molecule has 0 saturated carbocycles. The molecule has 94 valence electrons. The number of carboxylic acids is 1. The first-order valence-corrected chi connectivity index (χ1v) is 5.24. The summed E-state index contributed by atoms with van der Waals surface area (Å²) in [4.78, 5) is 14.6. The van der Waals surface area contributed by atoms with Crippen LogP contribution in [0, 0.1) is 6.92 Å². The van der Waals surface area contributed by atoms with Crippen molar-refractivity contribution in [2.45, 2.75) is 13.5 Å². The maximum atomic E-state index is 10.8. The second-order valence-electron chi connectivity index (χ2n) is 3.73. The Bertz CT molecular complexity index is 579. The zero-order chi connectivity index (χ0) is 13.1. The lowest BCUT2D eigenvalue weighted by atomic mass is 10.3. The fraction of sp³-hybridized carbons (Fsp3) is 0.273. The van der Waals surface area contributed by atoms with Gasteiger partial charge in [-0.2, -0.15) is 0 Å². The Morgan fingerprint density at radius 3 is 2.83 bits per heavy atom. The van der Waals surface area contributed by atoms with Crippen LogP contribution in [-0.4, -0.2) is 30.8 Å². The van der Waals surface area contributed by atoms with Gasteiger partial charge < -0.3 is 14.4 Å². The van der Waals surface area contributed by atoms with Crippen LogP contribution in [0.2, 0.25) is 0 Å². The van der Waals surface area contributed by atoms with Gasteiger partial charge in [-0.05, 0) is 13.0 Å². The number of rotatable bonds is 4. The van der Waals surface area contributed by atoms with E-state index in [0.717, 1.165) is 5.82 Å². The molecule has 7 nitrogen and oxygen atoms in total. The van der Waals surface area contributed by atoms with E-state index in [1.165, 1.54) is 18.5 Å². The first-order valence-electron chi connectivity index (χ1n) is 5.24. The second-order valence-corrected chi connectivity index (χ2v) is 3.73. The maximum absolute atomic E-state index is 10.8. The number of carboxylic acid groups (broad SMARTS) is 1. The molecule has 18 heavy (non-hydrogen) atoms. The predicted molar refractivity (Wildman–Crippen MR) is 61.3 cm³/mol. The average molecular weight is 248 g/mol. The minimum atomic E-state index is -1.04. The van der Waals surface area contributed by atoms with Crippen molar-refractivity contribution in [3.05, 3.63) is 35.7 Å². The van der Waals surface area contributed by atoms with E-state index in [4.69, 9.17) is 9.84 Å². The van der Waals surface area contributed by atoms with E-state index >= 15 is 0 Å². The predicted octanol–water partition coefficient (Wildman–Crippen LogP) is 0.796. The monoisotopic (exact) mass is 248 g/mol. The van der Waals surface area contributed by atoms with Crippen LogP contribution in [0.1, 0.15) is 22.0 Å². The number of aromatic carboxylic acids is 1. The van der Waals surface area contributed by atoms with Gasteiger partial charge in [0.15, 0.2) is 5.82 Å². The summed E-state index contributed by atoms with van der Waals surface area (Å²) in [5.41, 5.74) is 0.0849. The molecule has 2 heterocycles. The van der Waals surface area contributed by atoms with E-state index in [-0.39, 0.29) is 12.2 Å². The molecule has 0 radical (unpaired) electrons. The summed E-state index contributed by atoms with van der Waals surface area (Å²) < 4.78 is 7.23. The van der Waals surface area contributed by atoms with Crippen molar-refractivity contribution >= 4 is 5.97 Å². The molecule has 0 unspecified atom stereocenters. The number of ether oxygens (including phenoxy) is 1. The maximum Gasteiger partial charge on any atom is 0.337 e. The first-order chi connectivity index (χ1) is 8.58. The molecule has 0 aliphatic carbocycles. The summed E-state index contributed by atoms with van der Waals surface area (Å²) in [7, 11) is 1.83. The first kappa shape index (κ1) is 12.0. The van der Waals surface area contributed by atoms with Gasteiger partial charge in [-0.3, -0.25) is 4.98 Å². The lowest BCUT2D eigenvalue weighted by Gasteiger charge is -2.06. The summed E-state index contributed by atoms with van der Waals surface area (Å²) in [6.07, 6.45) is 2.72. The van der Waals surface area contributed by atoms with Gasteiger partial charge in [-0.25, -0.2) is 4.79 Å². The molecule has 0 aliphatic heterocycles. The lowest BCUT2D eigenvalue weighted by Crippen LogP contribution is -2.05. The van der Waals surface area contributed by atoms with Crippen LogP contribution in [-0.2, 0) is 13.7 Å². The highest BCUT2D eigenvalue weighted by Crippen LogP contribution is 2.13. The van der Waals surface area contributed by atoms with E-state index < -0.39 is 5.97 Å². The van der Waals surface area contributed by atoms with Crippen LogP contribution in [0.5, 0.6) is 5.75 Å². The van der Waals surface area contributed by atoms with Gasteiger partial charge in [0.05, 0.1) is 11.8 Å². The highest BCUT2D eigenvalue weighted by molar-refractivity contribution is 5.87. The Morgan fingerprint density at radius 2 is 2.22 bits per heavy atom. The summed E-state index contributed by atoms with van der Waals surface area (Å²) in [6, 6.07) is 1.42. The Kier molecular flexibility index (Phi) is 3.22. The van der Waals surface area contributed by atoms with Gasteiger partial charge in [-0.15, -0.1) is 10.2 Å². The lowest BCUT2D eigenvalue weighted by molar-refractivity contribution is 0.0696. The van der Waals surface area contributed by atoms with Crippen molar-refractivity contribution in [1.29, 1.82) is 0 Å². The SMILES string of the molecule is Cc1nnc(COc2cncc(C(=O)O)c2)n1C. The zero-order valence-electron chi connectivity index (χ0n) is 9.99. The normalized spacial score (nSPS) is 10.3. The van der Waals surface area contributed by atoms with Crippen molar-refractivity contribution in [1.82, 2.24) is 19.7 Å². The van der Waals surface area contributed by atoms with Crippen LogP contribution in [0.25, 0.3) is 0 Å². The Balaban J connectivity index is 2.08. The third-order valence-corrected chi connectivity index (χ3v) is 2.51. The summed E-state index contributed by atoms with van der Waals surface area (Å²) in [6.45, 7) is 2.05. The molecule has 0 aliphatic rings. The number of carbonyl (C=O) groups is 1. The third kappa shape index (κ3) is 2.45. The van der Waals surface area contributed by atoms with Crippen molar-refractivity contribution in [2.75, 3.05) is 0 Å². The van der Waals surface area contributed by atoms with Crippen LogP contribution in [0.4, 0.5) is 0 Å². The van der Waals surface area contributed by atoms with Gasteiger partial charge in [-0.1, -0.05) is 0 Å². The molecule has 0 aromatic carbocycles. The standard InChI is InChI=1S/C11H12N4O3/c1-7-13-14-10(15(7)2)6-18-9-3-8(11(16)17)4-12-5-9/h3-5H,6H2,1-2H3,(H,16,17). The van der Waals surface area contributed by atoms with Crippen LogP contribution < -0.4 is 4.74 Å². The fourth-order valence-electron chi connectivity index (χ4n) is 1.34. The van der Waals surface area contributed by atoms with E-state index in [1.807, 2.05) is 14.0 Å². The van der Waals surface area contributed by atoms with E-state index in [1.54, 1.807) is 4.57 Å². The number of aromatic nitrogens is 4. The van der Waals surface area contributed by atoms with Crippen LogP contribution >= 0.6 is 0 Å². The summed E-state index contributed by atoms with van der Waals surface area (Å²) in [5, 5.41) is 16.7. The van der Waals surface area contributed by atoms with Gasteiger partial charge >= 0.3 is 5.97 Å². The fourth-order valence-corrected chi connectivity index (χ4v) is 1.34. The molecule has 2 aromatic rings. The van der Waals surface area contributed by atoms with E-state index in [2.05, 4.69) is 15.2 Å². The Labute approximate surface area is 103 Å². The number of aryl methyl sites for hydroxylation is 1. The van der Waals surface area contributed by atoms with E-state index in [9.17, 15) is 4.79 Å². The number of pyridine rings is 1. The molecular weight excluding hydrogens is 236 g/mol. The molecule has 1 N–H and O–H groups in total. The zero-order valence-corrected chi connectivity index (χ0v) is 9.99. The molecule has 7 heteroatoms. The molecule has 0 spiro atoms. The summed E-state index contributed by atoms with van der Waals surface area (Å²) >= 11 is 0.